The van der Waals surface area contributed by atoms with Crippen LogP contribution in [-0.2, 0) is 0 Å². The van der Waals surface area contributed by atoms with Gasteiger partial charge in [0.05, 0.1) is 0 Å². The molecule has 0 saturated heterocycles. The Morgan fingerprint density at radius 2 is 2.22 bits per heavy atom. The Balaban J connectivity index is 2.82. The number of rotatable bonds is 0. The minimum atomic E-state index is 1.04. The van der Waals surface area contributed by atoms with Gasteiger partial charge in [-0.3, -0.25) is 4.99 Å². The Kier molecular flexibility index (Phi) is 1.68. The van der Waals surface area contributed by atoms with Crippen LogP contribution >= 0.6 is 0 Å². The fourth-order valence-electron chi connectivity index (χ4n) is 0.716. The smallest absolute Gasteiger partial charge is 0.0431 e. The van der Waals surface area contributed by atoms with Crippen molar-refractivity contribution in [3.63, 3.8) is 0 Å². The second-order valence-corrected chi connectivity index (χ2v) is 2.06. The van der Waals surface area contributed by atoms with Crippen molar-refractivity contribution in [3.8, 4) is 0 Å². The van der Waals surface area contributed by atoms with E-state index in [1.54, 1.807) is 6.20 Å². The number of hydrogen-bond acceptors (Lipinski definition) is 2. The molecule has 1 aliphatic rings. The molecule has 1 rings (SSSR count). The van der Waals surface area contributed by atoms with Gasteiger partial charge in [0, 0.05) is 23.8 Å². The second-order valence-electron chi connectivity index (χ2n) is 2.06. The van der Waals surface area contributed by atoms with Crippen molar-refractivity contribution in [1.82, 2.24) is 5.32 Å². The Morgan fingerprint density at radius 1 is 1.44 bits per heavy atom. The Morgan fingerprint density at radius 3 is 3.00 bits per heavy atom. The lowest BCUT2D eigenvalue weighted by Gasteiger charge is -1.94. The molecule has 0 bridgehead atoms. The molecule has 1 N–H and O–H groups in total. The van der Waals surface area contributed by atoms with Crippen molar-refractivity contribution in [1.29, 1.82) is 0 Å². The summed E-state index contributed by atoms with van der Waals surface area (Å²) in [5.74, 6) is 0. The quantitative estimate of drug-likeness (QED) is 0.516. The number of nitrogens with zero attached hydrogens (tertiary/aromatic N) is 1. The highest BCUT2D eigenvalue weighted by atomic mass is 14.9. The third-order valence-corrected chi connectivity index (χ3v) is 1.09. The molecule has 1 aliphatic heterocycles. The van der Waals surface area contributed by atoms with Crippen molar-refractivity contribution in [2.45, 2.75) is 13.8 Å². The van der Waals surface area contributed by atoms with E-state index in [1.807, 2.05) is 26.1 Å². The lowest BCUT2D eigenvalue weighted by atomic mass is 10.3. The molecule has 9 heavy (non-hydrogen) atoms. The van der Waals surface area contributed by atoms with Crippen LogP contribution in [-0.4, -0.2) is 5.71 Å². The Bertz CT molecular complexity index is 187. The van der Waals surface area contributed by atoms with Crippen LogP contribution in [0.25, 0.3) is 0 Å². The van der Waals surface area contributed by atoms with Gasteiger partial charge in [0.25, 0.3) is 0 Å². The predicted octanol–water partition coefficient (Wildman–Crippen LogP) is 1.43. The summed E-state index contributed by atoms with van der Waals surface area (Å²) in [5.41, 5.74) is 2.17. The second kappa shape index (κ2) is 2.49. The molecule has 2 heteroatoms. The number of aliphatic imine (C=N–C) groups is 1. The first-order chi connectivity index (χ1) is 4.29. The lowest BCUT2D eigenvalue weighted by molar-refractivity contribution is 1.06. The monoisotopic (exact) mass is 122 g/mol. The molecule has 2 nitrogen and oxygen atoms in total. The average Bonchev–Trinajstić information content (AvgIpc) is 1.93. The van der Waals surface area contributed by atoms with Crippen molar-refractivity contribution in [3.05, 3.63) is 24.2 Å². The topological polar surface area (TPSA) is 24.4 Å². The minimum Gasteiger partial charge on any atom is -0.364 e. The van der Waals surface area contributed by atoms with Crippen LogP contribution in [0.2, 0.25) is 0 Å². The lowest BCUT2D eigenvalue weighted by Crippen LogP contribution is -1.99. The molecular formula is C7H10N2. The van der Waals surface area contributed by atoms with E-state index in [9.17, 15) is 0 Å². The van der Waals surface area contributed by atoms with Crippen LogP contribution in [0.3, 0.4) is 0 Å². The van der Waals surface area contributed by atoms with Gasteiger partial charge in [0.15, 0.2) is 0 Å². The van der Waals surface area contributed by atoms with E-state index in [0.717, 1.165) is 11.4 Å². The highest BCUT2D eigenvalue weighted by molar-refractivity contribution is 5.93. The zero-order chi connectivity index (χ0) is 6.69. The molecule has 0 aromatic carbocycles. The molecule has 0 aromatic heterocycles. The number of hydrogen-bond donors (Lipinski definition) is 1. The molecule has 0 aromatic rings. The SMILES string of the molecule is CC1=CC(C)=NC=CN1. The van der Waals surface area contributed by atoms with Crippen molar-refractivity contribution in [2.75, 3.05) is 0 Å². The maximum Gasteiger partial charge on any atom is 0.0431 e. The minimum absolute atomic E-state index is 1.04. The van der Waals surface area contributed by atoms with E-state index < -0.39 is 0 Å². The maximum atomic E-state index is 4.07. The average molecular weight is 122 g/mol. The molecule has 0 saturated carbocycles. The van der Waals surface area contributed by atoms with Crippen LogP contribution in [0, 0.1) is 0 Å². The maximum absolute atomic E-state index is 4.07. The molecule has 1 heterocycles. The third-order valence-electron chi connectivity index (χ3n) is 1.09. The predicted molar refractivity (Wildman–Crippen MR) is 39.1 cm³/mol. The van der Waals surface area contributed by atoms with E-state index in [4.69, 9.17) is 0 Å². The zero-order valence-electron chi connectivity index (χ0n) is 5.68. The number of nitrogens with one attached hydrogen (secondary N) is 1. The largest absolute Gasteiger partial charge is 0.364 e. The molecule has 0 atom stereocenters. The van der Waals surface area contributed by atoms with Gasteiger partial charge < -0.3 is 5.32 Å². The molecule has 0 fully saturated rings. The molecule has 48 valence electrons. The summed E-state index contributed by atoms with van der Waals surface area (Å²) in [6.45, 7) is 3.98. The molecule has 0 unspecified atom stereocenters. The molecule has 0 aliphatic carbocycles. The first-order valence-electron chi connectivity index (χ1n) is 2.93. The van der Waals surface area contributed by atoms with Gasteiger partial charge in [-0.05, 0) is 19.9 Å². The van der Waals surface area contributed by atoms with Crippen molar-refractivity contribution in [2.24, 2.45) is 4.99 Å². The molecule has 0 spiro atoms. The van der Waals surface area contributed by atoms with Gasteiger partial charge in [-0.25, -0.2) is 0 Å². The third kappa shape index (κ3) is 1.72. The van der Waals surface area contributed by atoms with Crippen molar-refractivity contribution >= 4 is 5.71 Å². The highest BCUT2D eigenvalue weighted by Gasteiger charge is 1.88. The fourth-order valence-corrected chi connectivity index (χ4v) is 0.716. The number of allylic oxidation sites excluding steroid dienone is 2. The summed E-state index contributed by atoms with van der Waals surface area (Å²) in [5, 5.41) is 3.04. The van der Waals surface area contributed by atoms with Gasteiger partial charge in [-0.1, -0.05) is 0 Å². The summed E-state index contributed by atoms with van der Waals surface area (Å²) in [6, 6.07) is 0. The van der Waals surface area contributed by atoms with Crippen molar-refractivity contribution < 1.29 is 0 Å². The summed E-state index contributed by atoms with van der Waals surface area (Å²) < 4.78 is 0. The summed E-state index contributed by atoms with van der Waals surface area (Å²) in [7, 11) is 0. The van der Waals surface area contributed by atoms with Gasteiger partial charge in [-0.15, -0.1) is 0 Å². The van der Waals surface area contributed by atoms with Gasteiger partial charge in [0.2, 0.25) is 0 Å². The van der Waals surface area contributed by atoms with Gasteiger partial charge >= 0.3 is 0 Å². The van der Waals surface area contributed by atoms with Crippen LogP contribution in [0.5, 0.6) is 0 Å². The zero-order valence-corrected chi connectivity index (χ0v) is 5.68. The van der Waals surface area contributed by atoms with E-state index in [1.165, 1.54) is 0 Å². The van der Waals surface area contributed by atoms with E-state index >= 15 is 0 Å². The Hall–Kier alpha value is -1.05. The van der Waals surface area contributed by atoms with Crippen LogP contribution in [0.15, 0.2) is 29.2 Å². The molecule has 0 amide bonds. The summed E-state index contributed by atoms with van der Waals surface area (Å²) in [4.78, 5) is 4.07. The Labute approximate surface area is 55.0 Å². The summed E-state index contributed by atoms with van der Waals surface area (Å²) >= 11 is 0. The normalized spacial score (nSPS) is 17.6. The highest BCUT2D eigenvalue weighted by Crippen LogP contribution is 1.93. The first-order valence-corrected chi connectivity index (χ1v) is 2.93. The van der Waals surface area contributed by atoms with Crippen LogP contribution < -0.4 is 5.32 Å². The standard InChI is InChI=1S/C7H10N2/c1-6-5-7(2)9-4-3-8-6/h3-5,8H,1-2H3. The van der Waals surface area contributed by atoms with E-state index in [0.29, 0.717) is 0 Å². The van der Waals surface area contributed by atoms with E-state index in [2.05, 4.69) is 10.3 Å². The van der Waals surface area contributed by atoms with Crippen LogP contribution in [0.4, 0.5) is 0 Å². The molecular weight excluding hydrogens is 112 g/mol. The fraction of sp³-hybridized carbons (Fsp3) is 0.286. The molecule has 0 radical (unpaired) electrons. The van der Waals surface area contributed by atoms with Crippen LogP contribution in [0.1, 0.15) is 13.8 Å². The first kappa shape index (κ1) is 6.08. The summed E-state index contributed by atoms with van der Waals surface area (Å²) in [6.07, 6.45) is 5.57. The van der Waals surface area contributed by atoms with Gasteiger partial charge in [0.1, 0.15) is 0 Å². The van der Waals surface area contributed by atoms with E-state index in [-0.39, 0.29) is 0 Å². The van der Waals surface area contributed by atoms with Gasteiger partial charge in [-0.2, -0.15) is 0 Å².